The van der Waals surface area contributed by atoms with Crippen LogP contribution in [0.5, 0.6) is 11.5 Å². The fraction of sp³-hybridized carbons (Fsp3) is 0.455. The maximum Gasteiger partial charge on any atom is 0.128 e. The van der Waals surface area contributed by atoms with Crippen molar-refractivity contribution in [2.24, 2.45) is 5.92 Å². The van der Waals surface area contributed by atoms with Crippen LogP contribution >= 0.6 is 0 Å². The van der Waals surface area contributed by atoms with E-state index in [0.29, 0.717) is 32.8 Å². The molecule has 0 radical (unpaired) electrons. The number of quaternary nitrogens is 1. The van der Waals surface area contributed by atoms with Crippen molar-refractivity contribution in [3.8, 4) is 11.5 Å². The Bertz CT molecular complexity index is 765. The second-order valence-electron chi connectivity index (χ2n) is 7.37. The van der Waals surface area contributed by atoms with Gasteiger partial charge in [0.05, 0.1) is 30.4 Å². The summed E-state index contributed by atoms with van der Waals surface area (Å²) in [6.07, 6.45) is 0.333. The molecule has 2 aliphatic rings. The molecule has 0 unspecified atom stereocenters. The number of aliphatic hydroxyl groups excluding tert-OH is 1. The van der Waals surface area contributed by atoms with Crippen LogP contribution in [0.2, 0.25) is 0 Å². The Morgan fingerprint density at radius 2 is 1.44 bits per heavy atom. The normalized spacial score (nSPS) is 28.7. The van der Waals surface area contributed by atoms with Crippen LogP contribution in [0.25, 0.3) is 0 Å². The van der Waals surface area contributed by atoms with E-state index >= 15 is 0 Å². The molecule has 2 aromatic rings. The first-order chi connectivity index (χ1) is 13.2. The van der Waals surface area contributed by atoms with Gasteiger partial charge in [-0.05, 0) is 24.3 Å². The van der Waals surface area contributed by atoms with Crippen LogP contribution in [0.1, 0.15) is 36.6 Å². The lowest BCUT2D eigenvalue weighted by Crippen LogP contribution is -2.90. The number of fused-ring (bicyclic) bond motifs is 6. The van der Waals surface area contributed by atoms with E-state index in [1.165, 1.54) is 0 Å². The Balaban J connectivity index is 1.73. The van der Waals surface area contributed by atoms with Gasteiger partial charge >= 0.3 is 0 Å². The molecule has 0 aromatic heterocycles. The van der Waals surface area contributed by atoms with Crippen molar-refractivity contribution in [1.82, 2.24) is 0 Å². The first kappa shape index (κ1) is 18.3. The van der Waals surface area contributed by atoms with Gasteiger partial charge < -0.3 is 24.6 Å². The molecule has 0 aliphatic carbocycles. The third-order valence-corrected chi connectivity index (χ3v) is 5.68. The van der Waals surface area contributed by atoms with Gasteiger partial charge in [0.1, 0.15) is 36.8 Å². The molecule has 0 saturated carbocycles. The minimum absolute atomic E-state index is 0.117. The van der Waals surface area contributed by atoms with Gasteiger partial charge in [0.2, 0.25) is 0 Å². The lowest BCUT2D eigenvalue weighted by atomic mass is 9.80. The molecule has 2 bridgehead atoms. The molecule has 5 nitrogen and oxygen atoms in total. The van der Waals surface area contributed by atoms with Gasteiger partial charge in [0, 0.05) is 12.3 Å². The molecule has 4 atom stereocenters. The van der Waals surface area contributed by atoms with Crippen LogP contribution in [0.3, 0.4) is 0 Å². The molecule has 27 heavy (non-hydrogen) atoms. The van der Waals surface area contributed by atoms with Gasteiger partial charge in [0.15, 0.2) is 0 Å². The molecule has 144 valence electrons. The molecule has 0 spiro atoms. The van der Waals surface area contributed by atoms with Crippen molar-refractivity contribution in [2.45, 2.75) is 31.5 Å². The van der Waals surface area contributed by atoms with Gasteiger partial charge in [-0.15, -0.1) is 0 Å². The van der Waals surface area contributed by atoms with Crippen molar-refractivity contribution in [3.63, 3.8) is 0 Å². The quantitative estimate of drug-likeness (QED) is 0.746. The number of aliphatic hydroxyl groups is 1. The van der Waals surface area contributed by atoms with Gasteiger partial charge in [-0.2, -0.15) is 0 Å². The summed E-state index contributed by atoms with van der Waals surface area (Å²) in [7, 11) is 0. The molecule has 0 amide bonds. The highest BCUT2D eigenvalue weighted by molar-refractivity contribution is 5.37. The Kier molecular flexibility index (Phi) is 5.62. The van der Waals surface area contributed by atoms with Crippen LogP contribution in [0.15, 0.2) is 48.5 Å². The molecule has 2 aliphatic heterocycles. The first-order valence-electron chi connectivity index (χ1n) is 9.78. The van der Waals surface area contributed by atoms with Crippen LogP contribution in [-0.4, -0.2) is 37.6 Å². The third-order valence-electron chi connectivity index (χ3n) is 5.68. The Morgan fingerprint density at radius 1 is 0.852 bits per heavy atom. The van der Waals surface area contributed by atoms with Crippen molar-refractivity contribution in [2.75, 3.05) is 26.4 Å². The van der Waals surface area contributed by atoms with E-state index in [2.05, 4.69) is 24.4 Å². The van der Waals surface area contributed by atoms with E-state index in [0.717, 1.165) is 22.6 Å². The summed E-state index contributed by atoms with van der Waals surface area (Å²) >= 11 is 0. The average Bonchev–Trinajstić information content (AvgIpc) is 2.69. The number of piperidine rings is 1. The molecule has 2 aromatic carbocycles. The zero-order chi connectivity index (χ0) is 18.6. The van der Waals surface area contributed by atoms with Gasteiger partial charge in [-0.25, -0.2) is 0 Å². The summed E-state index contributed by atoms with van der Waals surface area (Å²) < 4.78 is 17.6. The molecule has 1 saturated heterocycles. The topological polar surface area (TPSA) is 64.5 Å². The molecular formula is C22H28NO4+. The zero-order valence-corrected chi connectivity index (χ0v) is 15.7. The Morgan fingerprint density at radius 3 is 2.15 bits per heavy atom. The number of hydrogen-bond donors (Lipinski definition) is 2. The number of ether oxygens (including phenoxy) is 3. The molecule has 1 fully saturated rings. The maximum absolute atomic E-state index is 10.8. The second kappa shape index (κ2) is 8.30. The lowest BCUT2D eigenvalue weighted by molar-refractivity contribution is -0.753. The smallest absolute Gasteiger partial charge is 0.128 e. The monoisotopic (exact) mass is 370 g/mol. The Hall–Kier alpha value is -2.08. The predicted molar refractivity (Wildman–Crippen MR) is 102 cm³/mol. The summed E-state index contributed by atoms with van der Waals surface area (Å²) in [5.41, 5.74) is 2.26. The molecule has 5 heteroatoms. The minimum Gasteiger partial charge on any atom is -0.491 e. The average molecular weight is 370 g/mol. The highest BCUT2D eigenvalue weighted by Gasteiger charge is 2.40. The summed E-state index contributed by atoms with van der Waals surface area (Å²) in [5.74, 6) is 1.89. The van der Waals surface area contributed by atoms with E-state index < -0.39 is 0 Å². The molecule has 3 N–H and O–H groups in total. The molecular weight excluding hydrogens is 342 g/mol. The van der Waals surface area contributed by atoms with Gasteiger partial charge in [-0.1, -0.05) is 31.2 Å². The lowest BCUT2D eigenvalue weighted by Gasteiger charge is -2.37. The van der Waals surface area contributed by atoms with E-state index in [4.69, 9.17) is 14.2 Å². The SMILES string of the molecule is C[C@@H]1[C@H](O)C[C@H]2[NH2+][C@@H]1c1ccccc1OCCOCCOc1ccccc12. The van der Waals surface area contributed by atoms with Crippen LogP contribution in [0, 0.1) is 5.92 Å². The Labute approximate surface area is 160 Å². The summed E-state index contributed by atoms with van der Waals surface area (Å²) in [4.78, 5) is 0. The van der Waals surface area contributed by atoms with Crippen molar-refractivity contribution < 1.29 is 24.6 Å². The van der Waals surface area contributed by atoms with E-state index in [1.54, 1.807) is 0 Å². The highest BCUT2D eigenvalue weighted by atomic mass is 16.5. The second-order valence-corrected chi connectivity index (χ2v) is 7.37. The van der Waals surface area contributed by atoms with E-state index in [1.807, 2.05) is 36.4 Å². The number of rotatable bonds is 0. The van der Waals surface area contributed by atoms with Crippen molar-refractivity contribution >= 4 is 0 Å². The number of hydrogen-bond acceptors (Lipinski definition) is 4. The highest BCUT2D eigenvalue weighted by Crippen LogP contribution is 2.37. The third kappa shape index (κ3) is 3.95. The number of para-hydroxylation sites is 2. The molecule has 4 rings (SSSR count). The number of benzene rings is 2. The van der Waals surface area contributed by atoms with Crippen LogP contribution in [-0.2, 0) is 4.74 Å². The fourth-order valence-electron chi connectivity index (χ4n) is 4.16. The minimum atomic E-state index is -0.373. The van der Waals surface area contributed by atoms with Crippen LogP contribution in [0.4, 0.5) is 0 Å². The predicted octanol–water partition coefficient (Wildman–Crippen LogP) is 2.22. The standard InChI is InChI=1S/C22H27NO4/c1-15-19(24)14-18-16-6-2-4-8-20(16)26-12-10-25-11-13-27-21-9-5-3-7-17(21)22(15)23-18/h2-9,15,18-19,22-24H,10-14H2,1H3/p+1/t15-,18-,19-,22+/m1/s1. The van der Waals surface area contributed by atoms with Gasteiger partial charge in [0.25, 0.3) is 0 Å². The summed E-state index contributed by atoms with van der Waals surface area (Å²) in [6.45, 7) is 4.17. The fourth-order valence-corrected chi connectivity index (χ4v) is 4.16. The molecule has 2 heterocycles. The van der Waals surface area contributed by atoms with Crippen LogP contribution < -0.4 is 14.8 Å². The van der Waals surface area contributed by atoms with E-state index in [-0.39, 0.29) is 24.1 Å². The van der Waals surface area contributed by atoms with Crippen molar-refractivity contribution in [1.29, 1.82) is 0 Å². The first-order valence-corrected chi connectivity index (χ1v) is 9.78. The zero-order valence-electron chi connectivity index (χ0n) is 15.7. The van der Waals surface area contributed by atoms with Crippen molar-refractivity contribution in [3.05, 3.63) is 59.7 Å². The van der Waals surface area contributed by atoms with Gasteiger partial charge in [-0.3, -0.25) is 0 Å². The largest absolute Gasteiger partial charge is 0.491 e. The summed E-state index contributed by atoms with van der Waals surface area (Å²) in [5, 5.41) is 13.2. The number of nitrogens with two attached hydrogens (primary N) is 1. The summed E-state index contributed by atoms with van der Waals surface area (Å²) in [6, 6.07) is 16.5. The van der Waals surface area contributed by atoms with E-state index in [9.17, 15) is 5.11 Å². The maximum atomic E-state index is 10.8.